The molecule has 12 heteroatoms. The van der Waals surface area contributed by atoms with Crippen LogP contribution in [0.5, 0.6) is 46.0 Å². The summed E-state index contributed by atoms with van der Waals surface area (Å²) in [6.45, 7) is 0. The van der Waals surface area contributed by atoms with E-state index in [1.807, 2.05) is 0 Å². The molecule has 0 saturated heterocycles. The van der Waals surface area contributed by atoms with E-state index in [2.05, 4.69) is 0 Å². The van der Waals surface area contributed by atoms with E-state index in [1.165, 1.54) is 48.5 Å². The first-order chi connectivity index (χ1) is 20.1. The highest BCUT2D eigenvalue weighted by Crippen LogP contribution is 2.39. The molecule has 12 nitrogen and oxygen atoms in total. The molecule has 0 saturated carbocycles. The molecule has 0 spiro atoms. The van der Waals surface area contributed by atoms with Crippen LogP contribution in [0, 0.1) is 0 Å². The maximum Gasteiger partial charge on any atom is 0.269 e. The van der Waals surface area contributed by atoms with Crippen molar-refractivity contribution in [1.29, 1.82) is 0 Å². The largest absolute Gasteiger partial charge is 0.508 e. The number of hydrogen-bond acceptors (Lipinski definition) is 12. The number of aromatic hydroxyl groups is 6. The van der Waals surface area contributed by atoms with Crippen LogP contribution >= 0.6 is 0 Å². The predicted octanol–water partition coefficient (Wildman–Crippen LogP) is 4.84. The van der Waals surface area contributed by atoms with Gasteiger partial charge in [-0.1, -0.05) is 0 Å². The Labute approximate surface area is 233 Å². The van der Waals surface area contributed by atoms with Gasteiger partial charge in [0.1, 0.15) is 56.4 Å². The van der Waals surface area contributed by atoms with E-state index in [0.717, 1.165) is 24.3 Å². The zero-order chi connectivity index (χ0) is 29.7. The fraction of sp³-hybridized carbons (Fsp3) is 0. The van der Waals surface area contributed by atoms with Gasteiger partial charge in [0.05, 0.1) is 0 Å². The third-order valence-electron chi connectivity index (χ3n) is 6.30. The maximum absolute atomic E-state index is 13.6. The lowest BCUT2D eigenvalue weighted by Crippen LogP contribution is -2.17. The van der Waals surface area contributed by atoms with Gasteiger partial charge >= 0.3 is 0 Å². The van der Waals surface area contributed by atoms with Crippen LogP contribution in [0.15, 0.2) is 91.2 Å². The lowest BCUT2D eigenvalue weighted by molar-refractivity contribution is -0.103. The van der Waals surface area contributed by atoms with Crippen molar-refractivity contribution in [1.82, 2.24) is 0 Å². The van der Waals surface area contributed by atoms with Gasteiger partial charge in [-0.15, -0.1) is 0 Å². The normalized spacial score (nSPS) is 11.1. The second-order valence-electron chi connectivity index (χ2n) is 9.12. The molecule has 2 aromatic heterocycles. The fourth-order valence-corrected chi connectivity index (χ4v) is 4.38. The number of phenols is 6. The van der Waals surface area contributed by atoms with Gasteiger partial charge < -0.3 is 39.5 Å². The Kier molecular flexibility index (Phi) is 6.00. The summed E-state index contributed by atoms with van der Waals surface area (Å²) in [5.74, 6) is -3.95. The minimum Gasteiger partial charge on any atom is -0.508 e. The van der Waals surface area contributed by atoms with Crippen molar-refractivity contribution < 1.29 is 49.2 Å². The fourth-order valence-electron chi connectivity index (χ4n) is 4.38. The van der Waals surface area contributed by atoms with Gasteiger partial charge in [0, 0.05) is 35.4 Å². The minimum absolute atomic E-state index is 0.0888. The van der Waals surface area contributed by atoms with Crippen molar-refractivity contribution in [2.75, 3.05) is 0 Å². The average molecular weight is 570 g/mol. The Hall–Kier alpha value is -6.30. The van der Waals surface area contributed by atoms with Crippen molar-refractivity contribution >= 4 is 21.9 Å². The van der Waals surface area contributed by atoms with Crippen LogP contribution < -0.4 is 20.6 Å². The maximum atomic E-state index is 13.6. The summed E-state index contributed by atoms with van der Waals surface area (Å²) in [4.78, 5) is 38.0. The molecule has 0 aliphatic rings. The molecule has 0 aliphatic carbocycles. The molecule has 0 radical (unpaired) electrons. The van der Waals surface area contributed by atoms with Crippen LogP contribution in [0.25, 0.3) is 44.6 Å². The van der Waals surface area contributed by atoms with E-state index in [4.69, 9.17) is 18.6 Å². The summed E-state index contributed by atoms with van der Waals surface area (Å²) < 4.78 is 11.6. The van der Waals surface area contributed by atoms with Crippen LogP contribution in [0.3, 0.4) is 0 Å². The van der Waals surface area contributed by atoms with Gasteiger partial charge in [0.25, 0.3) is 11.5 Å². The molecular formula is C30H18O12. The van der Waals surface area contributed by atoms with Gasteiger partial charge in [-0.2, -0.15) is 0 Å². The average Bonchev–Trinajstić information content (AvgIpc) is 2.93. The number of benzene rings is 4. The molecule has 0 unspecified atom stereocenters. The molecule has 210 valence electrons. The van der Waals surface area contributed by atoms with Gasteiger partial charge in [-0.05, 0) is 48.5 Å². The van der Waals surface area contributed by atoms with Crippen molar-refractivity contribution in [3.8, 4) is 68.6 Å². The zero-order valence-electron chi connectivity index (χ0n) is 21.1. The molecule has 0 fully saturated rings. The summed E-state index contributed by atoms with van der Waals surface area (Å²) in [5, 5.41) is 59.3. The molecule has 4 aromatic carbocycles. The van der Waals surface area contributed by atoms with E-state index >= 15 is 0 Å². The van der Waals surface area contributed by atoms with Gasteiger partial charge in [0.2, 0.25) is 10.9 Å². The Balaban J connectivity index is 1.57. The predicted molar refractivity (Wildman–Crippen MR) is 147 cm³/mol. The number of phenolic OH excluding ortho intramolecular Hbond substituents is 6. The van der Waals surface area contributed by atoms with E-state index in [9.17, 15) is 40.2 Å². The van der Waals surface area contributed by atoms with E-state index in [0.29, 0.717) is 0 Å². The smallest absolute Gasteiger partial charge is 0.269 e. The molecule has 6 N–H and O–H groups in total. The summed E-state index contributed by atoms with van der Waals surface area (Å²) in [7, 11) is 0. The van der Waals surface area contributed by atoms with Crippen molar-refractivity contribution in [3.63, 3.8) is 0 Å². The van der Waals surface area contributed by atoms with Crippen molar-refractivity contribution in [2.24, 2.45) is 0 Å². The van der Waals surface area contributed by atoms with Gasteiger partial charge in [0.15, 0.2) is 11.5 Å². The summed E-state index contributed by atoms with van der Waals surface area (Å²) in [6.07, 6.45) is 0. The van der Waals surface area contributed by atoms with Crippen LogP contribution in [-0.4, -0.2) is 30.6 Å². The molecule has 0 atom stereocenters. The standard InChI is InChI=1S/C30H18O12/c31-15-5-1-13(2-6-15)27-29(25(37)23-19(35)9-17(33)11-21(23)39-27)41-42-30-26(38)24-20(36)10-18(34)12-22(24)40-28(30)14-3-7-16(32)8-4-14/h1-12,31-36H. The van der Waals surface area contributed by atoms with E-state index < -0.39 is 33.9 Å². The van der Waals surface area contributed by atoms with Crippen molar-refractivity contribution in [2.45, 2.75) is 0 Å². The molecule has 6 rings (SSSR count). The Morgan fingerprint density at radius 3 is 1.19 bits per heavy atom. The summed E-state index contributed by atoms with van der Waals surface area (Å²) in [5.41, 5.74) is -1.86. The van der Waals surface area contributed by atoms with Gasteiger partial charge in [-0.3, -0.25) is 19.4 Å². The van der Waals surface area contributed by atoms with E-state index in [1.54, 1.807) is 0 Å². The quantitative estimate of drug-likeness (QED) is 0.122. The van der Waals surface area contributed by atoms with Crippen LogP contribution in [0.2, 0.25) is 0 Å². The first-order valence-electron chi connectivity index (χ1n) is 12.1. The highest BCUT2D eigenvalue weighted by molar-refractivity contribution is 5.89. The second kappa shape index (κ2) is 9.71. The second-order valence-corrected chi connectivity index (χ2v) is 9.12. The topological polar surface area (TPSA) is 200 Å². The zero-order valence-corrected chi connectivity index (χ0v) is 21.1. The third kappa shape index (κ3) is 4.38. The summed E-state index contributed by atoms with van der Waals surface area (Å²) in [6, 6.07) is 14.9. The molecule has 2 heterocycles. The van der Waals surface area contributed by atoms with E-state index in [-0.39, 0.29) is 67.6 Å². The highest BCUT2D eigenvalue weighted by atomic mass is 17.2. The number of hydrogen-bond donors (Lipinski definition) is 6. The highest BCUT2D eigenvalue weighted by Gasteiger charge is 2.26. The molecule has 42 heavy (non-hydrogen) atoms. The third-order valence-corrected chi connectivity index (χ3v) is 6.30. The molecule has 0 amide bonds. The Bertz CT molecular complexity index is 1970. The van der Waals surface area contributed by atoms with Crippen LogP contribution in [0.1, 0.15) is 0 Å². The first kappa shape index (κ1) is 26.0. The molecular weight excluding hydrogens is 552 g/mol. The molecule has 6 aromatic rings. The first-order valence-corrected chi connectivity index (χ1v) is 12.1. The monoisotopic (exact) mass is 570 g/mol. The van der Waals surface area contributed by atoms with Gasteiger partial charge in [-0.25, -0.2) is 0 Å². The molecule has 0 bridgehead atoms. The van der Waals surface area contributed by atoms with Crippen LogP contribution in [-0.2, 0) is 0 Å². The van der Waals surface area contributed by atoms with Crippen LogP contribution in [0.4, 0.5) is 0 Å². The minimum atomic E-state index is -0.944. The Morgan fingerprint density at radius 2 is 0.833 bits per heavy atom. The lowest BCUT2D eigenvalue weighted by atomic mass is 10.1. The summed E-state index contributed by atoms with van der Waals surface area (Å²) >= 11 is 0. The lowest BCUT2D eigenvalue weighted by Gasteiger charge is -2.14. The Morgan fingerprint density at radius 1 is 0.476 bits per heavy atom. The SMILES string of the molecule is O=c1c(OOc2c(-c3ccc(O)cc3)oc3cc(O)cc(O)c3c2=O)c(-c2ccc(O)cc2)oc2cc(O)cc(O)c12. The molecule has 0 aliphatic heterocycles. The number of fused-ring (bicyclic) bond motifs is 2. The number of rotatable bonds is 5. The van der Waals surface area contributed by atoms with Crippen molar-refractivity contribution in [3.05, 3.63) is 93.2 Å².